The lowest BCUT2D eigenvalue weighted by atomic mass is 10.1. The van der Waals surface area contributed by atoms with Gasteiger partial charge in [0.05, 0.1) is 20.6 Å². The van der Waals surface area contributed by atoms with E-state index in [4.69, 9.17) is 0 Å². The van der Waals surface area contributed by atoms with E-state index in [2.05, 4.69) is 49.7 Å². The summed E-state index contributed by atoms with van der Waals surface area (Å²) in [5.74, 6) is 0. The standard InChI is InChI=1S/C22H43N2Si/c1-24(2,21-22-15-10-9-11-16-22)19-13-8-6-4-3-5-7-12-17-23-18-14-20-25/h9-11,15-16,23H,3-8,12-14,17-21H2,1-2,25H3/q+1. The van der Waals surface area contributed by atoms with Gasteiger partial charge in [-0.2, -0.15) is 0 Å². The Morgan fingerprint density at radius 2 is 1.32 bits per heavy atom. The molecule has 1 aromatic rings. The van der Waals surface area contributed by atoms with E-state index in [0.717, 1.165) is 11.0 Å². The van der Waals surface area contributed by atoms with Crippen molar-refractivity contribution in [1.82, 2.24) is 5.32 Å². The average molecular weight is 364 g/mol. The number of unbranched alkanes of at least 4 members (excludes halogenated alkanes) is 7. The highest BCUT2D eigenvalue weighted by molar-refractivity contribution is 6.08. The lowest BCUT2D eigenvalue weighted by Gasteiger charge is -2.30. The molecule has 1 aromatic carbocycles. The Hall–Kier alpha value is -0.643. The van der Waals surface area contributed by atoms with Crippen molar-refractivity contribution < 1.29 is 4.48 Å². The van der Waals surface area contributed by atoms with Crippen LogP contribution in [0.2, 0.25) is 6.04 Å². The molecule has 0 bridgehead atoms. The van der Waals surface area contributed by atoms with Gasteiger partial charge in [0.2, 0.25) is 0 Å². The molecule has 0 radical (unpaired) electrons. The second kappa shape index (κ2) is 14.5. The predicted octanol–water partition coefficient (Wildman–Crippen LogP) is 4.15. The zero-order valence-corrected chi connectivity index (χ0v) is 19.2. The van der Waals surface area contributed by atoms with Crippen LogP contribution < -0.4 is 5.32 Å². The Morgan fingerprint density at radius 1 is 0.760 bits per heavy atom. The Bertz CT molecular complexity index is 406. The molecule has 0 saturated heterocycles. The van der Waals surface area contributed by atoms with Crippen molar-refractivity contribution in [2.45, 2.75) is 70.4 Å². The lowest BCUT2D eigenvalue weighted by Crippen LogP contribution is -2.39. The van der Waals surface area contributed by atoms with Gasteiger partial charge in [0.15, 0.2) is 0 Å². The summed E-state index contributed by atoms with van der Waals surface area (Å²) in [6, 6.07) is 12.3. The summed E-state index contributed by atoms with van der Waals surface area (Å²) in [5.41, 5.74) is 1.46. The molecule has 0 aliphatic carbocycles. The fourth-order valence-electron chi connectivity index (χ4n) is 3.43. The average Bonchev–Trinajstić information content (AvgIpc) is 2.59. The molecule has 1 N–H and O–H groups in total. The first kappa shape index (κ1) is 22.4. The third kappa shape index (κ3) is 13.2. The minimum absolute atomic E-state index is 1.11. The van der Waals surface area contributed by atoms with E-state index in [9.17, 15) is 0 Å². The maximum absolute atomic E-state index is 3.56. The first-order valence-electron chi connectivity index (χ1n) is 10.7. The number of nitrogens with one attached hydrogen (secondary N) is 1. The third-order valence-electron chi connectivity index (χ3n) is 5.03. The molecule has 0 atom stereocenters. The minimum atomic E-state index is 1.11. The largest absolute Gasteiger partial charge is 0.325 e. The Morgan fingerprint density at radius 3 is 1.96 bits per heavy atom. The maximum Gasteiger partial charge on any atom is 0.104 e. The summed E-state index contributed by atoms with van der Waals surface area (Å²) >= 11 is 0. The molecular weight excluding hydrogens is 320 g/mol. The normalized spacial score (nSPS) is 11.9. The number of benzene rings is 1. The minimum Gasteiger partial charge on any atom is -0.325 e. The van der Waals surface area contributed by atoms with Crippen LogP contribution in [0.1, 0.15) is 63.4 Å². The van der Waals surface area contributed by atoms with Gasteiger partial charge < -0.3 is 9.80 Å². The van der Waals surface area contributed by atoms with Crippen molar-refractivity contribution in [1.29, 1.82) is 0 Å². The smallest absolute Gasteiger partial charge is 0.104 e. The van der Waals surface area contributed by atoms with Crippen LogP contribution in [0.3, 0.4) is 0 Å². The van der Waals surface area contributed by atoms with E-state index in [-0.39, 0.29) is 0 Å². The fourth-order valence-corrected chi connectivity index (χ4v) is 3.79. The van der Waals surface area contributed by atoms with E-state index in [1.54, 1.807) is 0 Å². The zero-order chi connectivity index (χ0) is 18.2. The van der Waals surface area contributed by atoms with Gasteiger partial charge in [-0.3, -0.25) is 0 Å². The first-order chi connectivity index (χ1) is 12.1. The highest BCUT2D eigenvalue weighted by Crippen LogP contribution is 2.13. The first-order valence-corrected chi connectivity index (χ1v) is 12.1. The molecular formula is C22H43N2Si+. The number of hydrogen-bond acceptors (Lipinski definition) is 1. The van der Waals surface area contributed by atoms with Crippen LogP contribution in [-0.2, 0) is 6.54 Å². The van der Waals surface area contributed by atoms with Gasteiger partial charge in [0, 0.05) is 15.8 Å². The van der Waals surface area contributed by atoms with Crippen molar-refractivity contribution >= 4 is 10.2 Å². The molecule has 144 valence electrons. The van der Waals surface area contributed by atoms with Crippen molar-refractivity contribution in [3.8, 4) is 0 Å². The van der Waals surface area contributed by atoms with Crippen LogP contribution in [0.4, 0.5) is 0 Å². The molecule has 3 heteroatoms. The van der Waals surface area contributed by atoms with Gasteiger partial charge in [-0.1, -0.05) is 68.5 Å². The number of hydrogen-bond donors (Lipinski definition) is 1. The molecule has 0 heterocycles. The summed E-state index contributed by atoms with van der Waals surface area (Å²) in [4.78, 5) is 0. The molecule has 0 aliphatic rings. The van der Waals surface area contributed by atoms with Crippen LogP contribution >= 0.6 is 0 Å². The second-order valence-electron chi connectivity index (χ2n) is 8.24. The summed E-state index contributed by atoms with van der Waals surface area (Å²) in [6.45, 7) is 4.91. The molecule has 0 unspecified atom stereocenters. The summed E-state index contributed by atoms with van der Waals surface area (Å²) in [7, 11) is 6.09. The summed E-state index contributed by atoms with van der Waals surface area (Å²) in [5, 5.41) is 3.56. The van der Waals surface area contributed by atoms with Gasteiger partial charge in [-0.05, 0) is 38.8 Å². The van der Waals surface area contributed by atoms with Crippen molar-refractivity contribution in [3.63, 3.8) is 0 Å². The molecule has 0 aliphatic heterocycles. The van der Waals surface area contributed by atoms with Gasteiger partial charge >= 0.3 is 0 Å². The van der Waals surface area contributed by atoms with E-state index in [1.165, 1.54) is 99.3 Å². The Kier molecular flexibility index (Phi) is 13.0. The molecule has 0 amide bonds. The molecule has 25 heavy (non-hydrogen) atoms. The molecule has 2 nitrogen and oxygen atoms in total. The van der Waals surface area contributed by atoms with Gasteiger partial charge in [0.1, 0.15) is 6.54 Å². The highest BCUT2D eigenvalue weighted by Gasteiger charge is 2.14. The predicted molar refractivity (Wildman–Crippen MR) is 116 cm³/mol. The summed E-state index contributed by atoms with van der Waals surface area (Å²) in [6.07, 6.45) is 12.6. The van der Waals surface area contributed by atoms with Crippen LogP contribution in [-0.4, -0.2) is 48.5 Å². The van der Waals surface area contributed by atoms with Crippen LogP contribution in [0.15, 0.2) is 30.3 Å². The zero-order valence-electron chi connectivity index (χ0n) is 17.2. The van der Waals surface area contributed by atoms with Crippen molar-refractivity contribution in [3.05, 3.63) is 35.9 Å². The monoisotopic (exact) mass is 363 g/mol. The Labute approximate surface area is 160 Å². The number of rotatable bonds is 16. The van der Waals surface area contributed by atoms with Gasteiger partial charge in [-0.15, -0.1) is 0 Å². The van der Waals surface area contributed by atoms with Gasteiger partial charge in [0.25, 0.3) is 0 Å². The van der Waals surface area contributed by atoms with Crippen molar-refractivity contribution in [2.75, 3.05) is 33.7 Å². The van der Waals surface area contributed by atoms with Gasteiger partial charge in [-0.25, -0.2) is 0 Å². The Balaban J connectivity index is 1.89. The quantitative estimate of drug-likeness (QED) is 0.264. The van der Waals surface area contributed by atoms with Crippen LogP contribution in [0.25, 0.3) is 0 Å². The van der Waals surface area contributed by atoms with E-state index < -0.39 is 0 Å². The highest BCUT2D eigenvalue weighted by atomic mass is 28.1. The molecule has 0 aromatic heterocycles. The van der Waals surface area contributed by atoms with Crippen LogP contribution in [0.5, 0.6) is 0 Å². The lowest BCUT2D eigenvalue weighted by molar-refractivity contribution is -0.903. The van der Waals surface area contributed by atoms with Crippen molar-refractivity contribution in [2.24, 2.45) is 0 Å². The molecule has 1 rings (SSSR count). The van der Waals surface area contributed by atoms with E-state index >= 15 is 0 Å². The topological polar surface area (TPSA) is 12.0 Å². The second-order valence-corrected chi connectivity index (χ2v) is 9.24. The van der Waals surface area contributed by atoms with E-state index in [0.29, 0.717) is 0 Å². The molecule has 0 saturated carbocycles. The third-order valence-corrected chi connectivity index (χ3v) is 5.73. The SMILES string of the molecule is C[N+](C)(CCCCCCCCCCNCCC[SiH3])Cc1ccccc1. The molecule has 0 spiro atoms. The molecule has 0 fully saturated rings. The number of nitrogens with zero attached hydrogens (tertiary/aromatic N) is 1. The van der Waals surface area contributed by atoms with Crippen LogP contribution in [0, 0.1) is 0 Å². The van der Waals surface area contributed by atoms with E-state index in [1.807, 2.05) is 0 Å². The maximum atomic E-state index is 3.56. The number of quaternary nitrogens is 1. The summed E-state index contributed by atoms with van der Waals surface area (Å²) < 4.78 is 1.11. The fraction of sp³-hybridized carbons (Fsp3) is 0.727.